The highest BCUT2D eigenvalue weighted by atomic mass is 16.5. The first kappa shape index (κ1) is 33.3. The lowest BCUT2D eigenvalue weighted by Crippen LogP contribution is -2.47. The maximum Gasteiger partial charge on any atom is 0.133 e. The Labute approximate surface area is 257 Å². The molecule has 2 saturated heterocycles. The molecule has 6 nitrogen and oxygen atoms in total. The molecule has 0 radical (unpaired) electrons. The summed E-state index contributed by atoms with van der Waals surface area (Å²) in [6, 6.07) is 4.73. The molecule has 0 spiro atoms. The van der Waals surface area contributed by atoms with E-state index in [9.17, 15) is 0 Å². The van der Waals surface area contributed by atoms with Crippen molar-refractivity contribution in [2.45, 2.75) is 97.8 Å². The average Bonchev–Trinajstić information content (AvgIpc) is 3.51. The van der Waals surface area contributed by atoms with Crippen LogP contribution in [-0.2, 0) is 4.74 Å². The van der Waals surface area contributed by atoms with Gasteiger partial charge in [0.05, 0.1) is 25.5 Å². The summed E-state index contributed by atoms with van der Waals surface area (Å²) in [5.41, 5.74) is 1.31. The maximum absolute atomic E-state index is 7.01. The topological polar surface area (TPSA) is 31.4 Å². The Balaban J connectivity index is 1.81. The van der Waals surface area contributed by atoms with Gasteiger partial charge in [-0.25, -0.2) is 0 Å². The van der Waals surface area contributed by atoms with Gasteiger partial charge in [-0.2, -0.15) is 0 Å². The summed E-state index contributed by atoms with van der Waals surface area (Å²) in [4.78, 5) is 9.99. The SMILES string of the molecule is CCCCC(CC)COC1=c2ccc(C3N(C)CCN3C)c(OCC(CC)CCCC)c2=CCC1C1N(C)CCN1C. The van der Waals surface area contributed by atoms with Crippen molar-refractivity contribution in [1.82, 2.24) is 19.6 Å². The summed E-state index contributed by atoms with van der Waals surface area (Å²) in [6.45, 7) is 15.2. The summed E-state index contributed by atoms with van der Waals surface area (Å²) < 4.78 is 14.0. The predicted octanol–water partition coefficient (Wildman–Crippen LogP) is 5.50. The molecule has 2 heterocycles. The summed E-state index contributed by atoms with van der Waals surface area (Å²) >= 11 is 0. The van der Waals surface area contributed by atoms with Gasteiger partial charge in [0.2, 0.25) is 0 Å². The van der Waals surface area contributed by atoms with Crippen molar-refractivity contribution in [2.75, 3.05) is 67.6 Å². The highest BCUT2D eigenvalue weighted by Gasteiger charge is 2.38. The molecule has 0 aromatic heterocycles. The van der Waals surface area contributed by atoms with Crippen LogP contribution in [0.2, 0.25) is 0 Å². The first-order valence-corrected chi connectivity index (χ1v) is 17.3. The number of likely N-dealkylation sites (N-methyl/N-ethyl adjacent to an activating group) is 4. The van der Waals surface area contributed by atoms with Gasteiger partial charge in [0.15, 0.2) is 0 Å². The lowest BCUT2D eigenvalue weighted by atomic mass is 9.89. The molecule has 3 atom stereocenters. The van der Waals surface area contributed by atoms with Crippen LogP contribution in [-0.4, -0.2) is 93.3 Å². The summed E-state index contributed by atoms with van der Waals surface area (Å²) in [7, 11) is 9.06. The Morgan fingerprint density at radius 2 is 1.29 bits per heavy atom. The van der Waals surface area contributed by atoms with Crippen LogP contribution in [0.1, 0.15) is 97.2 Å². The molecule has 238 valence electrons. The van der Waals surface area contributed by atoms with Crippen LogP contribution >= 0.6 is 0 Å². The summed E-state index contributed by atoms with van der Waals surface area (Å²) in [6.07, 6.45) is 13.9. The second-order valence-electron chi connectivity index (χ2n) is 13.5. The van der Waals surface area contributed by atoms with Crippen molar-refractivity contribution < 1.29 is 9.47 Å². The zero-order valence-electron chi connectivity index (χ0n) is 28.3. The highest BCUT2D eigenvalue weighted by Crippen LogP contribution is 2.35. The molecule has 0 N–H and O–H groups in total. The van der Waals surface area contributed by atoms with E-state index in [-0.39, 0.29) is 6.17 Å². The van der Waals surface area contributed by atoms with Crippen LogP contribution in [0.4, 0.5) is 0 Å². The lowest BCUT2D eigenvalue weighted by molar-refractivity contribution is 0.106. The Morgan fingerprint density at radius 1 is 0.738 bits per heavy atom. The Morgan fingerprint density at radius 3 is 1.83 bits per heavy atom. The fourth-order valence-electron chi connectivity index (χ4n) is 7.50. The molecule has 1 aliphatic carbocycles. The first-order chi connectivity index (χ1) is 20.3. The van der Waals surface area contributed by atoms with E-state index < -0.39 is 0 Å². The number of ether oxygens (including phenoxy) is 2. The minimum absolute atomic E-state index is 0.238. The third-order valence-corrected chi connectivity index (χ3v) is 10.4. The fraction of sp³-hybridized carbons (Fsp3) is 0.778. The van der Waals surface area contributed by atoms with E-state index in [4.69, 9.17) is 9.47 Å². The number of rotatable bonds is 16. The molecule has 6 heteroatoms. The van der Waals surface area contributed by atoms with Crippen molar-refractivity contribution in [3.8, 4) is 5.75 Å². The van der Waals surface area contributed by atoms with Crippen molar-refractivity contribution in [3.63, 3.8) is 0 Å². The van der Waals surface area contributed by atoms with Crippen LogP contribution in [0.3, 0.4) is 0 Å². The normalized spacial score (nSPS) is 22.9. The Kier molecular flexibility index (Phi) is 12.6. The molecule has 2 aliphatic heterocycles. The number of benzene rings is 1. The smallest absolute Gasteiger partial charge is 0.133 e. The quantitative estimate of drug-likeness (QED) is 0.256. The second kappa shape index (κ2) is 15.9. The van der Waals surface area contributed by atoms with Crippen LogP contribution in [0.15, 0.2) is 12.1 Å². The Hall–Kier alpha value is -1.60. The molecule has 1 aromatic carbocycles. The Bertz CT molecular complexity index is 1090. The van der Waals surface area contributed by atoms with E-state index in [1.54, 1.807) is 0 Å². The van der Waals surface area contributed by atoms with Crippen molar-refractivity contribution >= 4 is 11.8 Å². The summed E-state index contributed by atoms with van der Waals surface area (Å²) in [5, 5.41) is 2.52. The minimum atomic E-state index is 0.238. The van der Waals surface area contributed by atoms with Gasteiger partial charge in [-0.05, 0) is 59.3 Å². The van der Waals surface area contributed by atoms with E-state index >= 15 is 0 Å². The fourth-order valence-corrected chi connectivity index (χ4v) is 7.50. The molecule has 4 rings (SSSR count). The van der Waals surface area contributed by atoms with Crippen molar-refractivity contribution in [3.05, 3.63) is 28.1 Å². The molecule has 3 aliphatic rings. The standard InChI is InChI=1S/C36H62N4O2/c1-9-13-15-27(11-3)25-41-33-29-17-20-32(36-39(7)23-24-40(36)8)34(42-26-28(12-4)16-14-10-2)30(29)18-19-31(33)35-37(5)21-22-38(35)6/h17-19,27-28,32,35-36H,9-16,20-26H2,1-8H3. The van der Waals surface area contributed by atoms with Crippen LogP contribution in [0.5, 0.6) is 5.75 Å². The average molecular weight is 583 g/mol. The molecule has 1 aromatic rings. The molecule has 3 unspecified atom stereocenters. The highest BCUT2D eigenvalue weighted by molar-refractivity contribution is 5.55. The predicted molar refractivity (Wildman–Crippen MR) is 177 cm³/mol. The molecule has 42 heavy (non-hydrogen) atoms. The van der Waals surface area contributed by atoms with E-state index in [2.05, 4.69) is 93.7 Å². The molecule has 2 fully saturated rings. The molecule has 0 bridgehead atoms. The van der Waals surface area contributed by atoms with Gasteiger partial charge in [-0.1, -0.05) is 84.4 Å². The third-order valence-electron chi connectivity index (χ3n) is 10.4. The number of hydrogen-bond donors (Lipinski definition) is 0. The van der Waals surface area contributed by atoms with Crippen LogP contribution in [0, 0.1) is 17.8 Å². The molecule has 0 saturated carbocycles. The van der Waals surface area contributed by atoms with E-state index in [0.717, 1.165) is 58.0 Å². The van der Waals surface area contributed by atoms with Crippen molar-refractivity contribution in [1.29, 1.82) is 0 Å². The van der Waals surface area contributed by atoms with E-state index in [1.807, 2.05) is 0 Å². The summed E-state index contributed by atoms with van der Waals surface area (Å²) in [5.74, 6) is 3.80. The number of unbranched alkanes of at least 4 members (excludes halogenated alkanes) is 2. The number of hydrogen-bond acceptors (Lipinski definition) is 6. The maximum atomic E-state index is 7.01. The number of nitrogens with zero attached hydrogens (tertiary/aromatic N) is 4. The lowest BCUT2D eigenvalue weighted by Gasteiger charge is -2.36. The van der Waals surface area contributed by atoms with Gasteiger partial charge in [-0.3, -0.25) is 19.6 Å². The third kappa shape index (κ3) is 7.54. The second-order valence-corrected chi connectivity index (χ2v) is 13.5. The van der Waals surface area contributed by atoms with Crippen LogP contribution in [0.25, 0.3) is 11.8 Å². The van der Waals surface area contributed by atoms with Gasteiger partial charge in [0, 0.05) is 48.1 Å². The molecular formula is C36H62N4O2. The van der Waals surface area contributed by atoms with E-state index in [1.165, 1.54) is 66.7 Å². The molecule has 0 amide bonds. The minimum Gasteiger partial charge on any atom is -0.497 e. The number of fused-ring (bicyclic) bond motifs is 1. The monoisotopic (exact) mass is 582 g/mol. The zero-order valence-corrected chi connectivity index (χ0v) is 28.3. The van der Waals surface area contributed by atoms with Gasteiger partial charge >= 0.3 is 0 Å². The van der Waals surface area contributed by atoms with Gasteiger partial charge in [-0.15, -0.1) is 0 Å². The van der Waals surface area contributed by atoms with Gasteiger partial charge in [0.25, 0.3) is 0 Å². The van der Waals surface area contributed by atoms with Gasteiger partial charge in [0.1, 0.15) is 11.5 Å². The molecular weight excluding hydrogens is 520 g/mol. The van der Waals surface area contributed by atoms with E-state index in [0.29, 0.717) is 23.9 Å². The zero-order chi connectivity index (χ0) is 30.2. The van der Waals surface area contributed by atoms with Crippen molar-refractivity contribution in [2.24, 2.45) is 17.8 Å². The first-order valence-electron chi connectivity index (χ1n) is 17.3. The van der Waals surface area contributed by atoms with Gasteiger partial charge < -0.3 is 9.47 Å². The van der Waals surface area contributed by atoms with Crippen LogP contribution < -0.4 is 15.2 Å². The largest absolute Gasteiger partial charge is 0.497 e.